The molecule has 1 amide bonds. The summed E-state index contributed by atoms with van der Waals surface area (Å²) in [5, 5.41) is 16.0. The predicted molar refractivity (Wildman–Crippen MR) is 98.1 cm³/mol. The Labute approximate surface area is 151 Å². The summed E-state index contributed by atoms with van der Waals surface area (Å²) in [6, 6.07) is -1.29. The second kappa shape index (κ2) is 18.7. The summed E-state index contributed by atoms with van der Waals surface area (Å²) in [7, 11) is 0. The van der Waals surface area contributed by atoms with Gasteiger partial charge in [-0.05, 0) is 6.42 Å². The maximum Gasteiger partial charge on any atom is 0.321 e. The van der Waals surface area contributed by atoms with E-state index in [2.05, 4.69) is 6.92 Å². The molecule has 0 radical (unpaired) electrons. The van der Waals surface area contributed by atoms with Crippen LogP contribution in [0.1, 0.15) is 90.4 Å². The fraction of sp³-hybridized carbons (Fsp3) is 0.833. The minimum absolute atomic E-state index is 0.157. The fourth-order valence-electron chi connectivity index (χ4n) is 2.24. The fourth-order valence-corrected chi connectivity index (χ4v) is 2.24. The van der Waals surface area contributed by atoms with E-state index in [0.717, 1.165) is 6.42 Å². The molecule has 0 rings (SSSR count). The van der Waals surface area contributed by atoms with Crippen LogP contribution >= 0.6 is 0 Å². The van der Waals surface area contributed by atoms with Crippen LogP contribution in [0.15, 0.2) is 0 Å². The number of carbonyl (C=O) groups excluding carboxylic acids is 1. The first-order valence-corrected chi connectivity index (χ1v) is 9.29. The van der Waals surface area contributed by atoms with Gasteiger partial charge < -0.3 is 21.7 Å². The van der Waals surface area contributed by atoms with Crippen molar-refractivity contribution in [2.45, 2.75) is 96.4 Å². The number of primary amides is 1. The summed E-state index contributed by atoms with van der Waals surface area (Å²) in [5.74, 6) is -2.65. The van der Waals surface area contributed by atoms with Gasteiger partial charge >= 0.3 is 11.9 Å². The van der Waals surface area contributed by atoms with Gasteiger partial charge in [0.05, 0.1) is 6.42 Å². The molecule has 7 nitrogen and oxygen atoms in total. The number of carboxylic acids is 2. The van der Waals surface area contributed by atoms with E-state index >= 15 is 0 Å². The highest BCUT2D eigenvalue weighted by molar-refractivity contribution is 5.80. The van der Waals surface area contributed by atoms with E-state index in [-0.39, 0.29) is 5.91 Å². The summed E-state index contributed by atoms with van der Waals surface area (Å²) in [6.45, 7) is 2.26. The lowest BCUT2D eigenvalue weighted by atomic mass is 10.1. The Morgan fingerprint density at radius 2 is 1.20 bits per heavy atom. The molecule has 0 aliphatic carbocycles. The van der Waals surface area contributed by atoms with E-state index in [1.165, 1.54) is 64.2 Å². The van der Waals surface area contributed by atoms with Gasteiger partial charge in [0.25, 0.3) is 0 Å². The van der Waals surface area contributed by atoms with Gasteiger partial charge in [0.1, 0.15) is 6.04 Å². The molecule has 0 aliphatic heterocycles. The van der Waals surface area contributed by atoms with Crippen LogP contribution < -0.4 is 11.5 Å². The number of hydrogen-bond acceptors (Lipinski definition) is 4. The standard InChI is InChI=1S/C14H29NO.C4H7NO4/c1-2-3-4-5-6-7-8-9-10-11-12-13-14(15)16;5-2(4(8)9)1-3(6)7/h2-13H2,1H3,(H2,15,16);2H,1,5H2,(H,6,7)(H,8,9)/t;2-/m.0/s1. The zero-order chi connectivity index (χ0) is 19.5. The normalized spacial score (nSPS) is 11.3. The molecule has 1 atom stereocenters. The van der Waals surface area contributed by atoms with Gasteiger partial charge in [0.15, 0.2) is 0 Å². The largest absolute Gasteiger partial charge is 0.481 e. The SMILES string of the molecule is CCCCCCCCCCCCCC(N)=O.N[C@@H](CC(=O)O)C(=O)O. The van der Waals surface area contributed by atoms with Crippen LogP contribution in [0.3, 0.4) is 0 Å². The third-order valence-electron chi connectivity index (χ3n) is 3.74. The van der Waals surface area contributed by atoms with Crippen LogP contribution in [0.25, 0.3) is 0 Å². The van der Waals surface area contributed by atoms with E-state index in [4.69, 9.17) is 21.7 Å². The van der Waals surface area contributed by atoms with Crippen molar-refractivity contribution in [1.82, 2.24) is 0 Å². The lowest BCUT2D eigenvalue weighted by Crippen LogP contribution is -2.32. The Kier molecular flexibility index (Phi) is 19.2. The average molecular weight is 360 g/mol. The molecule has 0 unspecified atom stereocenters. The molecule has 25 heavy (non-hydrogen) atoms. The Hall–Kier alpha value is -1.63. The van der Waals surface area contributed by atoms with E-state index in [0.29, 0.717) is 6.42 Å². The van der Waals surface area contributed by atoms with E-state index < -0.39 is 24.4 Å². The van der Waals surface area contributed by atoms with Gasteiger partial charge in [0, 0.05) is 6.42 Å². The van der Waals surface area contributed by atoms with Gasteiger partial charge in [-0.15, -0.1) is 0 Å². The van der Waals surface area contributed by atoms with Crippen LogP contribution in [0.2, 0.25) is 0 Å². The Balaban J connectivity index is 0. The van der Waals surface area contributed by atoms with Crippen LogP contribution in [-0.2, 0) is 14.4 Å². The minimum atomic E-state index is -1.29. The molecule has 7 heteroatoms. The predicted octanol–water partition coefficient (Wildman–Crippen LogP) is 3.05. The summed E-state index contributed by atoms with van der Waals surface area (Å²) in [6.07, 6.45) is 14.5. The number of aliphatic carboxylic acids is 2. The van der Waals surface area contributed by atoms with Gasteiger partial charge in [0.2, 0.25) is 5.91 Å². The summed E-state index contributed by atoms with van der Waals surface area (Å²) >= 11 is 0. The second-order valence-corrected chi connectivity index (χ2v) is 6.29. The molecule has 0 fully saturated rings. The molecule has 148 valence electrons. The van der Waals surface area contributed by atoms with Crippen molar-refractivity contribution in [2.75, 3.05) is 0 Å². The van der Waals surface area contributed by atoms with E-state index in [9.17, 15) is 14.4 Å². The maximum absolute atomic E-state index is 10.5. The molecular formula is C18H36N2O5. The van der Waals surface area contributed by atoms with Crippen LogP contribution in [0, 0.1) is 0 Å². The zero-order valence-corrected chi connectivity index (χ0v) is 15.5. The van der Waals surface area contributed by atoms with E-state index in [1.54, 1.807) is 0 Å². The van der Waals surface area contributed by atoms with Crippen molar-refractivity contribution in [3.8, 4) is 0 Å². The molecule has 0 aromatic carbocycles. The molecule has 0 aliphatic rings. The van der Waals surface area contributed by atoms with Crippen LogP contribution in [-0.4, -0.2) is 34.1 Å². The Bertz CT molecular complexity index is 361. The average Bonchev–Trinajstić information content (AvgIpc) is 2.52. The topological polar surface area (TPSA) is 144 Å². The number of carboxylic acid groups (broad SMARTS) is 2. The monoisotopic (exact) mass is 360 g/mol. The molecule has 0 aromatic rings. The second-order valence-electron chi connectivity index (χ2n) is 6.29. The lowest BCUT2D eigenvalue weighted by Gasteiger charge is -2.01. The number of hydrogen-bond donors (Lipinski definition) is 4. The number of unbranched alkanes of at least 4 members (excludes halogenated alkanes) is 10. The van der Waals surface area contributed by atoms with Gasteiger partial charge in [-0.25, -0.2) is 0 Å². The highest BCUT2D eigenvalue weighted by Crippen LogP contribution is 2.11. The maximum atomic E-state index is 10.5. The minimum Gasteiger partial charge on any atom is -0.481 e. The summed E-state index contributed by atoms with van der Waals surface area (Å²) in [4.78, 5) is 30.1. The molecule has 0 saturated heterocycles. The van der Waals surface area contributed by atoms with Crippen molar-refractivity contribution >= 4 is 17.8 Å². The lowest BCUT2D eigenvalue weighted by molar-refractivity contribution is -0.144. The van der Waals surface area contributed by atoms with Gasteiger partial charge in [-0.2, -0.15) is 0 Å². The van der Waals surface area contributed by atoms with Gasteiger partial charge in [-0.3, -0.25) is 14.4 Å². The Morgan fingerprint density at radius 3 is 1.48 bits per heavy atom. The van der Waals surface area contributed by atoms with Gasteiger partial charge in [-0.1, -0.05) is 71.1 Å². The number of nitrogens with two attached hydrogens (primary N) is 2. The molecule has 0 aromatic heterocycles. The first-order valence-electron chi connectivity index (χ1n) is 9.29. The van der Waals surface area contributed by atoms with Crippen LogP contribution in [0.4, 0.5) is 0 Å². The molecule has 0 bridgehead atoms. The first-order chi connectivity index (χ1) is 11.8. The third-order valence-corrected chi connectivity index (χ3v) is 3.74. The molecule has 0 heterocycles. The smallest absolute Gasteiger partial charge is 0.321 e. The summed E-state index contributed by atoms with van der Waals surface area (Å²) in [5.41, 5.74) is 9.91. The number of amides is 1. The van der Waals surface area contributed by atoms with Crippen molar-refractivity contribution in [1.29, 1.82) is 0 Å². The molecular weight excluding hydrogens is 324 g/mol. The van der Waals surface area contributed by atoms with Crippen LogP contribution in [0.5, 0.6) is 0 Å². The number of carbonyl (C=O) groups is 3. The molecule has 0 spiro atoms. The van der Waals surface area contributed by atoms with Crippen molar-refractivity contribution < 1.29 is 24.6 Å². The highest BCUT2D eigenvalue weighted by atomic mass is 16.4. The highest BCUT2D eigenvalue weighted by Gasteiger charge is 2.14. The van der Waals surface area contributed by atoms with Crippen molar-refractivity contribution in [3.05, 3.63) is 0 Å². The quantitative estimate of drug-likeness (QED) is 0.330. The number of rotatable bonds is 15. The third kappa shape index (κ3) is 24.7. The summed E-state index contributed by atoms with van der Waals surface area (Å²) < 4.78 is 0. The Morgan fingerprint density at radius 1 is 0.800 bits per heavy atom. The zero-order valence-electron chi connectivity index (χ0n) is 15.5. The first kappa shape index (κ1) is 25.6. The molecule has 0 saturated carbocycles. The van der Waals surface area contributed by atoms with E-state index in [1.807, 2.05) is 0 Å². The van der Waals surface area contributed by atoms with Crippen molar-refractivity contribution in [2.24, 2.45) is 11.5 Å². The van der Waals surface area contributed by atoms with Crippen molar-refractivity contribution in [3.63, 3.8) is 0 Å². The molecule has 6 N–H and O–H groups in total.